The van der Waals surface area contributed by atoms with Crippen molar-refractivity contribution >= 4 is 11.3 Å². The fourth-order valence-corrected chi connectivity index (χ4v) is 2.28. The largest absolute Gasteiger partial charge is 0.488 e. The summed E-state index contributed by atoms with van der Waals surface area (Å²) in [5.74, 6) is 6.05. The normalized spacial score (nSPS) is 9.84. The van der Waals surface area contributed by atoms with E-state index in [2.05, 4.69) is 11.8 Å². The molecule has 0 unspecified atom stereocenters. The van der Waals surface area contributed by atoms with Crippen LogP contribution in [0.2, 0.25) is 0 Å². The van der Waals surface area contributed by atoms with Crippen molar-refractivity contribution in [1.82, 2.24) is 0 Å². The third-order valence-electron chi connectivity index (χ3n) is 2.51. The minimum Gasteiger partial charge on any atom is -0.488 e. The second-order valence-corrected chi connectivity index (χ2v) is 5.00. The van der Waals surface area contributed by atoms with Gasteiger partial charge in [-0.05, 0) is 24.6 Å². The third-order valence-corrected chi connectivity index (χ3v) is 3.42. The number of aryl methyl sites for hydroxylation is 1. The van der Waals surface area contributed by atoms with Crippen LogP contribution in [0.1, 0.15) is 16.0 Å². The second-order valence-electron chi connectivity index (χ2n) is 4.01. The van der Waals surface area contributed by atoms with Gasteiger partial charge in [0, 0.05) is 21.9 Å². The van der Waals surface area contributed by atoms with Crippen molar-refractivity contribution in [3.05, 3.63) is 51.5 Å². The highest BCUT2D eigenvalue weighted by Crippen LogP contribution is 2.22. The maximum Gasteiger partial charge on any atom is 0.126 e. The van der Waals surface area contributed by atoms with Crippen LogP contribution in [-0.2, 0) is 6.61 Å². The van der Waals surface area contributed by atoms with E-state index in [-0.39, 0.29) is 5.82 Å². The first-order valence-corrected chi connectivity index (χ1v) is 6.72. The number of nitrogens with two attached hydrogens (primary N) is 1. The van der Waals surface area contributed by atoms with E-state index >= 15 is 0 Å². The first-order valence-electron chi connectivity index (χ1n) is 5.84. The zero-order valence-electron chi connectivity index (χ0n) is 10.6. The minimum absolute atomic E-state index is 0.290. The lowest BCUT2D eigenvalue weighted by Gasteiger charge is -2.07. The Morgan fingerprint density at radius 3 is 3.00 bits per heavy atom. The molecule has 0 amide bonds. The molecular formula is C15H14FNOS. The molecule has 19 heavy (non-hydrogen) atoms. The monoisotopic (exact) mass is 275 g/mol. The van der Waals surface area contributed by atoms with Gasteiger partial charge in [0.1, 0.15) is 18.2 Å². The number of ether oxygens (including phenoxy) is 1. The lowest BCUT2D eigenvalue weighted by molar-refractivity contribution is 0.306. The van der Waals surface area contributed by atoms with Gasteiger partial charge in [-0.15, -0.1) is 11.3 Å². The van der Waals surface area contributed by atoms with E-state index in [1.165, 1.54) is 12.1 Å². The molecule has 0 aliphatic carbocycles. The van der Waals surface area contributed by atoms with Crippen molar-refractivity contribution in [3.8, 4) is 17.6 Å². The molecule has 2 N–H and O–H groups in total. The number of hydrogen-bond donors (Lipinski definition) is 1. The van der Waals surface area contributed by atoms with Crippen molar-refractivity contribution in [1.29, 1.82) is 0 Å². The number of halogens is 1. The summed E-state index contributed by atoms with van der Waals surface area (Å²) in [4.78, 5) is 1.05. The maximum absolute atomic E-state index is 13.1. The Labute approximate surface area is 116 Å². The molecule has 0 spiro atoms. The van der Waals surface area contributed by atoms with Crippen LogP contribution in [0.25, 0.3) is 0 Å². The molecule has 2 aromatic rings. The minimum atomic E-state index is -0.290. The van der Waals surface area contributed by atoms with Gasteiger partial charge in [0.05, 0.1) is 6.54 Å². The van der Waals surface area contributed by atoms with Crippen LogP contribution in [-0.4, -0.2) is 6.54 Å². The molecule has 0 bridgehead atoms. The molecule has 0 saturated heterocycles. The zero-order chi connectivity index (χ0) is 13.7. The van der Waals surface area contributed by atoms with Gasteiger partial charge in [-0.25, -0.2) is 4.39 Å². The van der Waals surface area contributed by atoms with Crippen LogP contribution >= 0.6 is 11.3 Å². The average molecular weight is 275 g/mol. The van der Waals surface area contributed by atoms with E-state index in [9.17, 15) is 4.39 Å². The topological polar surface area (TPSA) is 35.2 Å². The molecule has 4 heteroatoms. The molecule has 0 aliphatic rings. The lowest BCUT2D eigenvalue weighted by Crippen LogP contribution is -1.95. The van der Waals surface area contributed by atoms with Gasteiger partial charge in [-0.1, -0.05) is 17.9 Å². The van der Waals surface area contributed by atoms with E-state index < -0.39 is 0 Å². The van der Waals surface area contributed by atoms with E-state index in [0.29, 0.717) is 18.9 Å². The summed E-state index contributed by atoms with van der Waals surface area (Å²) < 4.78 is 18.7. The fraction of sp³-hybridized carbons (Fsp3) is 0.200. The average Bonchev–Trinajstić information content (AvgIpc) is 2.85. The lowest BCUT2D eigenvalue weighted by atomic mass is 10.2. The molecule has 2 rings (SSSR count). The van der Waals surface area contributed by atoms with Gasteiger partial charge in [-0.3, -0.25) is 0 Å². The molecule has 0 radical (unpaired) electrons. The van der Waals surface area contributed by atoms with Crippen LogP contribution in [0.4, 0.5) is 4.39 Å². The summed E-state index contributed by atoms with van der Waals surface area (Å²) in [5.41, 5.74) is 7.17. The number of rotatable bonds is 3. The molecule has 1 heterocycles. The third kappa shape index (κ3) is 3.82. The number of thiophene rings is 1. The van der Waals surface area contributed by atoms with Crippen LogP contribution in [0, 0.1) is 24.6 Å². The van der Waals surface area contributed by atoms with Gasteiger partial charge >= 0.3 is 0 Å². The van der Waals surface area contributed by atoms with Gasteiger partial charge in [-0.2, -0.15) is 0 Å². The standard InChI is InChI=1S/C15H14FNOS/c1-11-4-5-13(16)8-15(11)18-9-14-7-12(10-19-14)3-2-6-17/h4-5,7-8,10H,6,9,17H2,1H3. The molecule has 1 aromatic carbocycles. The van der Waals surface area contributed by atoms with E-state index in [4.69, 9.17) is 10.5 Å². The maximum atomic E-state index is 13.1. The van der Waals surface area contributed by atoms with Crippen LogP contribution in [0.5, 0.6) is 5.75 Å². The van der Waals surface area contributed by atoms with E-state index in [1.807, 2.05) is 18.4 Å². The van der Waals surface area contributed by atoms with E-state index in [0.717, 1.165) is 16.0 Å². The summed E-state index contributed by atoms with van der Waals surface area (Å²) in [5, 5.41) is 1.96. The number of benzene rings is 1. The molecule has 0 saturated carbocycles. The second kappa shape index (κ2) is 6.37. The van der Waals surface area contributed by atoms with Crippen LogP contribution in [0.3, 0.4) is 0 Å². The van der Waals surface area contributed by atoms with Gasteiger partial charge < -0.3 is 10.5 Å². The summed E-state index contributed by atoms with van der Waals surface area (Å²) in [6.45, 7) is 2.66. The van der Waals surface area contributed by atoms with Gasteiger partial charge in [0.15, 0.2) is 0 Å². The highest BCUT2D eigenvalue weighted by Gasteiger charge is 2.03. The molecule has 0 aliphatic heterocycles. The molecule has 1 aromatic heterocycles. The molecule has 0 fully saturated rings. The number of hydrogen-bond acceptors (Lipinski definition) is 3. The summed E-state index contributed by atoms with van der Waals surface area (Å²) in [7, 11) is 0. The van der Waals surface area contributed by atoms with E-state index in [1.54, 1.807) is 17.4 Å². The van der Waals surface area contributed by atoms with Crippen LogP contribution < -0.4 is 10.5 Å². The van der Waals surface area contributed by atoms with Crippen molar-refractivity contribution in [2.24, 2.45) is 5.73 Å². The first-order chi connectivity index (χ1) is 9.19. The van der Waals surface area contributed by atoms with Crippen molar-refractivity contribution in [2.75, 3.05) is 6.54 Å². The highest BCUT2D eigenvalue weighted by molar-refractivity contribution is 7.10. The Balaban J connectivity index is 2.02. The fourth-order valence-electron chi connectivity index (χ4n) is 1.55. The zero-order valence-corrected chi connectivity index (χ0v) is 11.4. The van der Waals surface area contributed by atoms with Gasteiger partial charge in [0.2, 0.25) is 0 Å². The Kier molecular flexibility index (Phi) is 4.56. The Morgan fingerprint density at radius 2 is 2.21 bits per heavy atom. The summed E-state index contributed by atoms with van der Waals surface area (Å²) in [6, 6.07) is 6.49. The predicted octanol–water partition coefficient (Wildman–Crippen LogP) is 3.08. The molecule has 2 nitrogen and oxygen atoms in total. The van der Waals surface area contributed by atoms with Gasteiger partial charge in [0.25, 0.3) is 0 Å². The quantitative estimate of drug-likeness (QED) is 0.874. The molecule has 0 atom stereocenters. The van der Waals surface area contributed by atoms with Crippen molar-refractivity contribution < 1.29 is 9.13 Å². The smallest absolute Gasteiger partial charge is 0.126 e. The SMILES string of the molecule is Cc1ccc(F)cc1OCc1cc(C#CCN)cs1. The summed E-state index contributed by atoms with van der Waals surface area (Å²) >= 11 is 1.57. The summed E-state index contributed by atoms with van der Waals surface area (Å²) in [6.07, 6.45) is 0. The Morgan fingerprint density at radius 1 is 1.37 bits per heavy atom. The van der Waals surface area contributed by atoms with Crippen LogP contribution in [0.15, 0.2) is 29.6 Å². The molecule has 98 valence electrons. The molecular weight excluding hydrogens is 261 g/mol. The Hall–Kier alpha value is -1.83. The first kappa shape index (κ1) is 13.6. The predicted molar refractivity (Wildman–Crippen MR) is 75.7 cm³/mol. The van der Waals surface area contributed by atoms with Crippen molar-refractivity contribution in [3.63, 3.8) is 0 Å². The highest BCUT2D eigenvalue weighted by atomic mass is 32.1. The Bertz CT molecular complexity index is 625. The van der Waals surface area contributed by atoms with Crippen molar-refractivity contribution in [2.45, 2.75) is 13.5 Å².